The minimum absolute atomic E-state index is 0.0491. The minimum Gasteiger partial charge on any atom is -0.437 e. The average molecular weight is 320 g/mol. The molecule has 24 heavy (non-hydrogen) atoms. The zero-order valence-corrected chi connectivity index (χ0v) is 13.6. The van der Waals surface area contributed by atoms with Crippen LogP contribution in [0.4, 0.5) is 0 Å². The maximum Gasteiger partial charge on any atom is 0.262 e. The third kappa shape index (κ3) is 2.27. The fraction of sp³-hybridized carbons (Fsp3) is 0.167. The number of rotatable bonds is 2. The van der Waals surface area contributed by atoms with Crippen LogP contribution >= 0.6 is 0 Å². The summed E-state index contributed by atoms with van der Waals surface area (Å²) >= 11 is 0. The van der Waals surface area contributed by atoms with E-state index in [9.17, 15) is 10.1 Å². The van der Waals surface area contributed by atoms with Gasteiger partial charge >= 0.3 is 0 Å². The number of nitrogens with one attached hydrogen (secondary N) is 1. The molecule has 0 amide bonds. The third-order valence-electron chi connectivity index (χ3n) is 3.88. The second-order valence-electron chi connectivity index (χ2n) is 5.70. The summed E-state index contributed by atoms with van der Waals surface area (Å²) in [6.07, 6.45) is 3.41. The molecule has 3 rings (SSSR count). The summed E-state index contributed by atoms with van der Waals surface area (Å²) < 4.78 is 7.10. The molecule has 120 valence electrons. The number of hydrogen-bond donors (Lipinski definition) is 1. The van der Waals surface area contributed by atoms with Crippen molar-refractivity contribution in [3.8, 4) is 6.07 Å². The Labute approximate surface area is 138 Å². The quantitative estimate of drug-likeness (QED) is 0.733. The maximum atomic E-state index is 12.9. The third-order valence-corrected chi connectivity index (χ3v) is 3.88. The molecule has 0 spiro atoms. The highest BCUT2D eigenvalue weighted by atomic mass is 16.3. The first-order chi connectivity index (χ1) is 11.5. The SMILES string of the molecule is CN(C)/C=C/c1c(C#N)c(=N)oc2c1c(=O)n(C)c1ccccc21. The Bertz CT molecular complexity index is 1140. The van der Waals surface area contributed by atoms with Crippen molar-refractivity contribution < 1.29 is 4.42 Å². The van der Waals surface area contributed by atoms with Crippen LogP contribution in [-0.2, 0) is 7.05 Å². The number of nitrogens with zero attached hydrogens (tertiary/aromatic N) is 3. The van der Waals surface area contributed by atoms with E-state index < -0.39 is 0 Å². The highest BCUT2D eigenvalue weighted by Crippen LogP contribution is 2.25. The molecule has 0 unspecified atom stereocenters. The lowest BCUT2D eigenvalue weighted by Crippen LogP contribution is -2.21. The topological polar surface area (TPSA) is 86.0 Å². The van der Waals surface area contributed by atoms with Gasteiger partial charge in [0.1, 0.15) is 11.6 Å². The molecule has 0 aliphatic rings. The standard InChI is InChI=1S/C18H16N4O2/c1-21(2)9-8-11-13(10-19)17(20)24-16-12-6-4-5-7-14(12)22(3)18(23)15(11)16/h4-9,20H,1-3H3/b9-8+,20-17?. The predicted molar refractivity (Wildman–Crippen MR) is 92.3 cm³/mol. The molecule has 2 aromatic heterocycles. The van der Waals surface area contributed by atoms with Gasteiger partial charge in [0.15, 0.2) is 5.58 Å². The normalized spacial score (nSPS) is 11.2. The Kier molecular flexibility index (Phi) is 3.70. The van der Waals surface area contributed by atoms with Gasteiger partial charge in [-0.1, -0.05) is 12.1 Å². The predicted octanol–water partition coefficient (Wildman–Crippen LogP) is 2.17. The number of pyridine rings is 1. The molecular formula is C18H16N4O2. The van der Waals surface area contributed by atoms with Crippen LogP contribution in [0.2, 0.25) is 0 Å². The Balaban J connectivity index is 2.64. The number of para-hydroxylation sites is 1. The van der Waals surface area contributed by atoms with E-state index in [1.54, 1.807) is 24.2 Å². The van der Waals surface area contributed by atoms with E-state index in [0.29, 0.717) is 22.0 Å². The minimum atomic E-state index is -0.262. The summed E-state index contributed by atoms with van der Waals surface area (Å²) in [6, 6.07) is 9.32. The van der Waals surface area contributed by atoms with E-state index in [2.05, 4.69) is 0 Å². The number of fused-ring (bicyclic) bond motifs is 3. The number of aromatic nitrogens is 1. The summed E-state index contributed by atoms with van der Waals surface area (Å²) in [5, 5.41) is 18.5. The van der Waals surface area contributed by atoms with Crippen LogP contribution in [0.3, 0.4) is 0 Å². The van der Waals surface area contributed by atoms with Gasteiger partial charge in [0.25, 0.3) is 5.56 Å². The number of hydrogen-bond acceptors (Lipinski definition) is 5. The van der Waals surface area contributed by atoms with Crippen LogP contribution in [0.25, 0.3) is 27.9 Å². The van der Waals surface area contributed by atoms with Crippen molar-refractivity contribution in [2.24, 2.45) is 7.05 Å². The van der Waals surface area contributed by atoms with Crippen molar-refractivity contribution in [1.82, 2.24) is 9.47 Å². The lowest BCUT2D eigenvalue weighted by Gasteiger charge is -2.11. The zero-order valence-electron chi connectivity index (χ0n) is 13.6. The molecule has 0 atom stereocenters. The first-order valence-electron chi connectivity index (χ1n) is 7.33. The van der Waals surface area contributed by atoms with E-state index in [4.69, 9.17) is 9.83 Å². The van der Waals surface area contributed by atoms with E-state index in [1.165, 1.54) is 4.57 Å². The molecule has 0 fully saturated rings. The molecule has 6 nitrogen and oxygen atoms in total. The Morgan fingerprint density at radius 3 is 2.71 bits per heavy atom. The first kappa shape index (κ1) is 15.6. The highest BCUT2D eigenvalue weighted by molar-refractivity contribution is 6.05. The summed E-state index contributed by atoms with van der Waals surface area (Å²) in [5.74, 6) is 0. The van der Waals surface area contributed by atoms with Gasteiger partial charge in [0.05, 0.1) is 10.9 Å². The maximum absolute atomic E-state index is 12.9. The average Bonchev–Trinajstić information content (AvgIpc) is 2.57. The highest BCUT2D eigenvalue weighted by Gasteiger charge is 2.18. The van der Waals surface area contributed by atoms with Crippen LogP contribution in [0, 0.1) is 16.7 Å². The van der Waals surface area contributed by atoms with Crippen LogP contribution in [-0.4, -0.2) is 23.6 Å². The van der Waals surface area contributed by atoms with E-state index in [0.717, 1.165) is 5.39 Å². The Morgan fingerprint density at radius 1 is 1.33 bits per heavy atom. The summed E-state index contributed by atoms with van der Waals surface area (Å²) in [5.41, 5.74) is 0.988. The molecule has 6 heteroatoms. The second-order valence-corrected chi connectivity index (χ2v) is 5.70. The number of nitriles is 1. The van der Waals surface area contributed by atoms with E-state index in [-0.39, 0.29) is 16.7 Å². The molecule has 0 aliphatic heterocycles. The van der Waals surface area contributed by atoms with Crippen molar-refractivity contribution in [2.45, 2.75) is 0 Å². The van der Waals surface area contributed by atoms with Gasteiger partial charge in [0, 0.05) is 32.1 Å². The summed E-state index contributed by atoms with van der Waals surface area (Å²) in [7, 11) is 5.37. The van der Waals surface area contributed by atoms with Crippen molar-refractivity contribution in [3.05, 3.63) is 57.5 Å². The van der Waals surface area contributed by atoms with Crippen LogP contribution in [0.5, 0.6) is 0 Å². The van der Waals surface area contributed by atoms with Gasteiger partial charge in [-0.05, 0) is 24.4 Å². The molecule has 0 saturated carbocycles. The van der Waals surface area contributed by atoms with Crippen LogP contribution in [0.15, 0.2) is 39.7 Å². The number of benzene rings is 1. The van der Waals surface area contributed by atoms with Gasteiger partial charge in [-0.2, -0.15) is 5.26 Å². The smallest absolute Gasteiger partial charge is 0.262 e. The summed E-state index contributed by atoms with van der Waals surface area (Å²) in [6.45, 7) is 0. The molecule has 0 saturated heterocycles. The van der Waals surface area contributed by atoms with Gasteiger partial charge in [-0.3, -0.25) is 10.2 Å². The molecule has 1 N–H and O–H groups in total. The molecular weight excluding hydrogens is 304 g/mol. The Morgan fingerprint density at radius 2 is 2.04 bits per heavy atom. The Hall–Kier alpha value is -3.33. The van der Waals surface area contributed by atoms with Crippen molar-refractivity contribution in [1.29, 1.82) is 10.7 Å². The zero-order chi connectivity index (χ0) is 17.4. The molecule has 0 radical (unpaired) electrons. The monoisotopic (exact) mass is 320 g/mol. The molecule has 1 aromatic carbocycles. The van der Waals surface area contributed by atoms with Gasteiger partial charge in [0.2, 0.25) is 5.55 Å². The first-order valence-corrected chi connectivity index (χ1v) is 7.33. The van der Waals surface area contributed by atoms with Crippen LogP contribution < -0.4 is 11.1 Å². The fourth-order valence-corrected chi connectivity index (χ4v) is 2.71. The second kappa shape index (κ2) is 5.70. The molecule has 2 heterocycles. The largest absolute Gasteiger partial charge is 0.437 e. The van der Waals surface area contributed by atoms with E-state index >= 15 is 0 Å². The van der Waals surface area contributed by atoms with Gasteiger partial charge in [-0.15, -0.1) is 0 Å². The fourth-order valence-electron chi connectivity index (χ4n) is 2.71. The molecule has 3 aromatic rings. The van der Waals surface area contributed by atoms with Crippen LogP contribution in [0.1, 0.15) is 11.1 Å². The lowest BCUT2D eigenvalue weighted by molar-refractivity contribution is 0.532. The molecule has 0 aliphatic carbocycles. The van der Waals surface area contributed by atoms with Crippen molar-refractivity contribution in [3.63, 3.8) is 0 Å². The lowest BCUT2D eigenvalue weighted by atomic mass is 10.0. The molecule has 0 bridgehead atoms. The summed E-state index contributed by atoms with van der Waals surface area (Å²) in [4.78, 5) is 14.7. The van der Waals surface area contributed by atoms with Crippen molar-refractivity contribution >= 4 is 27.9 Å². The number of aryl methyl sites for hydroxylation is 1. The van der Waals surface area contributed by atoms with Gasteiger partial charge in [-0.25, -0.2) is 0 Å². The van der Waals surface area contributed by atoms with Gasteiger partial charge < -0.3 is 13.9 Å². The van der Waals surface area contributed by atoms with Crippen molar-refractivity contribution in [2.75, 3.05) is 14.1 Å². The van der Waals surface area contributed by atoms with E-state index in [1.807, 2.05) is 44.4 Å².